The molecule has 0 aliphatic carbocycles. The van der Waals surface area contributed by atoms with Crippen molar-refractivity contribution in [3.63, 3.8) is 0 Å². The van der Waals surface area contributed by atoms with Gasteiger partial charge in [0.15, 0.2) is 0 Å². The summed E-state index contributed by atoms with van der Waals surface area (Å²) in [6.07, 6.45) is 4.88. The summed E-state index contributed by atoms with van der Waals surface area (Å²) in [6.45, 7) is 7.40. The molecule has 1 N–H and O–H groups in total. The SMILES string of the molecule is CNCCc1c(C)nc(N2CCCCC2)nc1C. The van der Waals surface area contributed by atoms with Gasteiger partial charge in [0, 0.05) is 24.5 Å². The van der Waals surface area contributed by atoms with Gasteiger partial charge in [-0.05, 0) is 58.7 Å². The third kappa shape index (κ3) is 2.99. The quantitative estimate of drug-likeness (QED) is 0.883. The third-order valence-electron chi connectivity index (χ3n) is 3.67. The van der Waals surface area contributed by atoms with Crippen molar-refractivity contribution < 1.29 is 0 Å². The Balaban J connectivity index is 2.18. The molecule has 2 heterocycles. The van der Waals surface area contributed by atoms with Crippen molar-refractivity contribution in [1.82, 2.24) is 15.3 Å². The van der Waals surface area contributed by atoms with Gasteiger partial charge in [0.1, 0.15) is 0 Å². The largest absolute Gasteiger partial charge is 0.341 e. The summed E-state index contributed by atoms with van der Waals surface area (Å²) < 4.78 is 0. The average molecular weight is 248 g/mol. The van der Waals surface area contributed by atoms with Crippen LogP contribution in [-0.4, -0.2) is 36.6 Å². The van der Waals surface area contributed by atoms with E-state index in [0.717, 1.165) is 43.4 Å². The van der Waals surface area contributed by atoms with E-state index in [2.05, 4.69) is 24.1 Å². The van der Waals surface area contributed by atoms with Gasteiger partial charge in [-0.15, -0.1) is 0 Å². The molecule has 0 radical (unpaired) electrons. The van der Waals surface area contributed by atoms with Crippen LogP contribution >= 0.6 is 0 Å². The van der Waals surface area contributed by atoms with Crippen LogP contribution in [0.5, 0.6) is 0 Å². The van der Waals surface area contributed by atoms with Crippen molar-refractivity contribution in [3.8, 4) is 0 Å². The van der Waals surface area contributed by atoms with Crippen LogP contribution in [-0.2, 0) is 6.42 Å². The molecule has 1 aromatic rings. The maximum atomic E-state index is 4.70. The number of rotatable bonds is 4. The van der Waals surface area contributed by atoms with Crippen molar-refractivity contribution in [2.75, 3.05) is 31.6 Å². The molecule has 0 atom stereocenters. The first kappa shape index (κ1) is 13.3. The molecule has 1 aliphatic rings. The molecule has 4 nitrogen and oxygen atoms in total. The van der Waals surface area contributed by atoms with Gasteiger partial charge in [-0.3, -0.25) is 0 Å². The molecule has 4 heteroatoms. The summed E-state index contributed by atoms with van der Waals surface area (Å²) in [5.41, 5.74) is 3.57. The Morgan fingerprint density at radius 1 is 1.06 bits per heavy atom. The van der Waals surface area contributed by atoms with E-state index in [1.165, 1.54) is 24.8 Å². The van der Waals surface area contributed by atoms with E-state index in [4.69, 9.17) is 9.97 Å². The number of piperidine rings is 1. The van der Waals surface area contributed by atoms with E-state index >= 15 is 0 Å². The number of nitrogens with one attached hydrogen (secondary N) is 1. The van der Waals surface area contributed by atoms with Gasteiger partial charge in [0.2, 0.25) is 5.95 Å². The van der Waals surface area contributed by atoms with Crippen molar-refractivity contribution in [1.29, 1.82) is 0 Å². The summed E-state index contributed by atoms with van der Waals surface area (Å²) in [4.78, 5) is 11.7. The lowest BCUT2D eigenvalue weighted by atomic mass is 10.1. The molecule has 18 heavy (non-hydrogen) atoms. The highest BCUT2D eigenvalue weighted by atomic mass is 15.3. The van der Waals surface area contributed by atoms with E-state index in [1.807, 2.05) is 7.05 Å². The third-order valence-corrected chi connectivity index (χ3v) is 3.67. The van der Waals surface area contributed by atoms with Gasteiger partial charge in [-0.25, -0.2) is 9.97 Å². The van der Waals surface area contributed by atoms with Crippen LogP contribution in [0, 0.1) is 13.8 Å². The fourth-order valence-electron chi connectivity index (χ4n) is 2.57. The first-order chi connectivity index (χ1) is 8.72. The minimum Gasteiger partial charge on any atom is -0.341 e. The highest BCUT2D eigenvalue weighted by molar-refractivity contribution is 5.37. The zero-order valence-corrected chi connectivity index (χ0v) is 11.8. The van der Waals surface area contributed by atoms with Gasteiger partial charge in [-0.1, -0.05) is 0 Å². The summed E-state index contributed by atoms with van der Waals surface area (Å²) >= 11 is 0. The predicted octanol–water partition coefficient (Wildman–Crippen LogP) is 1.85. The normalized spacial score (nSPS) is 16.1. The van der Waals surface area contributed by atoms with Gasteiger partial charge in [-0.2, -0.15) is 0 Å². The Kier molecular flexibility index (Phi) is 4.53. The fourth-order valence-corrected chi connectivity index (χ4v) is 2.57. The molecule has 1 saturated heterocycles. The van der Waals surface area contributed by atoms with Crippen molar-refractivity contribution in [3.05, 3.63) is 17.0 Å². The molecular formula is C14H24N4. The second-order valence-corrected chi connectivity index (χ2v) is 5.07. The fraction of sp³-hybridized carbons (Fsp3) is 0.714. The number of aromatic nitrogens is 2. The highest BCUT2D eigenvalue weighted by Gasteiger charge is 2.16. The Bertz CT molecular complexity index is 374. The van der Waals surface area contributed by atoms with Crippen LogP contribution in [0.3, 0.4) is 0 Å². The zero-order chi connectivity index (χ0) is 13.0. The number of anilines is 1. The molecule has 1 fully saturated rings. The molecular weight excluding hydrogens is 224 g/mol. The van der Waals surface area contributed by atoms with E-state index in [1.54, 1.807) is 0 Å². The lowest BCUT2D eigenvalue weighted by molar-refractivity contribution is 0.566. The predicted molar refractivity (Wildman–Crippen MR) is 75.2 cm³/mol. The van der Waals surface area contributed by atoms with Crippen molar-refractivity contribution in [2.24, 2.45) is 0 Å². The summed E-state index contributed by atoms with van der Waals surface area (Å²) in [5, 5.41) is 3.18. The molecule has 100 valence electrons. The number of hydrogen-bond acceptors (Lipinski definition) is 4. The Morgan fingerprint density at radius 2 is 1.67 bits per heavy atom. The lowest BCUT2D eigenvalue weighted by Crippen LogP contribution is -2.31. The first-order valence-electron chi connectivity index (χ1n) is 6.96. The van der Waals surface area contributed by atoms with Crippen LogP contribution in [0.4, 0.5) is 5.95 Å². The maximum absolute atomic E-state index is 4.70. The Labute approximate surface area is 110 Å². The van der Waals surface area contributed by atoms with Crippen LogP contribution in [0.25, 0.3) is 0 Å². The monoisotopic (exact) mass is 248 g/mol. The molecule has 0 bridgehead atoms. The molecule has 2 rings (SSSR count). The molecule has 0 spiro atoms. The molecule has 0 aromatic carbocycles. The van der Waals surface area contributed by atoms with E-state index < -0.39 is 0 Å². The lowest BCUT2D eigenvalue weighted by Gasteiger charge is -2.27. The van der Waals surface area contributed by atoms with Crippen molar-refractivity contribution in [2.45, 2.75) is 39.5 Å². The minimum atomic E-state index is 0.929. The highest BCUT2D eigenvalue weighted by Crippen LogP contribution is 2.19. The molecule has 0 saturated carbocycles. The van der Waals surface area contributed by atoms with Gasteiger partial charge in [0.05, 0.1) is 0 Å². The summed E-state index contributed by atoms with van der Waals surface area (Å²) in [7, 11) is 1.98. The molecule has 0 unspecified atom stereocenters. The summed E-state index contributed by atoms with van der Waals surface area (Å²) in [5.74, 6) is 0.929. The standard InChI is InChI=1S/C14H24N4/c1-11-13(7-8-15-3)12(2)17-14(16-11)18-9-5-4-6-10-18/h15H,4-10H2,1-3H3. The average Bonchev–Trinajstić information content (AvgIpc) is 2.39. The van der Waals surface area contributed by atoms with Gasteiger partial charge < -0.3 is 10.2 Å². The second-order valence-electron chi connectivity index (χ2n) is 5.07. The van der Waals surface area contributed by atoms with E-state index in [-0.39, 0.29) is 0 Å². The van der Waals surface area contributed by atoms with Crippen LogP contribution in [0.1, 0.15) is 36.2 Å². The van der Waals surface area contributed by atoms with Crippen LogP contribution < -0.4 is 10.2 Å². The Hall–Kier alpha value is -1.16. The molecule has 1 aliphatic heterocycles. The second kappa shape index (κ2) is 6.14. The van der Waals surface area contributed by atoms with Crippen LogP contribution in [0.2, 0.25) is 0 Å². The van der Waals surface area contributed by atoms with Gasteiger partial charge >= 0.3 is 0 Å². The zero-order valence-electron chi connectivity index (χ0n) is 11.8. The van der Waals surface area contributed by atoms with Crippen LogP contribution in [0.15, 0.2) is 0 Å². The van der Waals surface area contributed by atoms with Crippen molar-refractivity contribution >= 4 is 5.95 Å². The summed E-state index contributed by atoms with van der Waals surface area (Å²) in [6, 6.07) is 0. The first-order valence-corrected chi connectivity index (χ1v) is 6.96. The topological polar surface area (TPSA) is 41.1 Å². The Morgan fingerprint density at radius 3 is 2.22 bits per heavy atom. The van der Waals surface area contributed by atoms with E-state index in [9.17, 15) is 0 Å². The number of aryl methyl sites for hydroxylation is 2. The van der Waals surface area contributed by atoms with E-state index in [0.29, 0.717) is 0 Å². The molecule has 1 aromatic heterocycles. The molecule has 0 amide bonds. The maximum Gasteiger partial charge on any atom is 0.225 e. The number of likely N-dealkylation sites (N-methyl/N-ethyl adjacent to an activating group) is 1. The van der Waals surface area contributed by atoms with Gasteiger partial charge in [0.25, 0.3) is 0 Å². The number of hydrogen-bond donors (Lipinski definition) is 1. The number of nitrogens with zero attached hydrogens (tertiary/aromatic N) is 3. The minimum absolute atomic E-state index is 0.929. The smallest absolute Gasteiger partial charge is 0.225 e.